The number of nitrogens with zero attached hydrogens (tertiary/aromatic N) is 1. The summed E-state index contributed by atoms with van der Waals surface area (Å²) >= 11 is 0. The Morgan fingerprint density at radius 1 is 1.14 bits per heavy atom. The van der Waals surface area contributed by atoms with Crippen molar-refractivity contribution in [2.45, 2.75) is 25.3 Å². The summed E-state index contributed by atoms with van der Waals surface area (Å²) in [7, 11) is 0. The number of carboxylic acids is 1. The van der Waals surface area contributed by atoms with Crippen molar-refractivity contribution >= 4 is 11.9 Å². The van der Waals surface area contributed by atoms with Crippen LogP contribution in [0.4, 0.5) is 0 Å². The number of carboxylic acid groups (broad SMARTS) is 1. The van der Waals surface area contributed by atoms with Gasteiger partial charge in [-0.05, 0) is 50.2 Å². The highest BCUT2D eigenvalue weighted by Crippen LogP contribution is 2.13. The number of carbonyl (C=O) groups excluding carboxylic acids is 1. The maximum atomic E-state index is 12.0. The molecule has 0 spiro atoms. The molecule has 3 N–H and O–H groups in total. The van der Waals surface area contributed by atoms with E-state index in [-0.39, 0.29) is 18.2 Å². The Kier molecular flexibility index (Phi) is 5.16. The predicted molar refractivity (Wildman–Crippen MR) is 77.3 cm³/mol. The van der Waals surface area contributed by atoms with Crippen LogP contribution >= 0.6 is 0 Å². The van der Waals surface area contributed by atoms with E-state index in [0.29, 0.717) is 5.56 Å². The number of aliphatic carboxylic acids is 1. The molecule has 0 aromatic heterocycles. The number of likely N-dealkylation sites (tertiary alicyclic amines) is 1. The van der Waals surface area contributed by atoms with Gasteiger partial charge in [-0.1, -0.05) is 6.42 Å². The summed E-state index contributed by atoms with van der Waals surface area (Å²) in [5.41, 5.74) is 0.399. The molecule has 1 atom stereocenters. The Morgan fingerprint density at radius 2 is 1.76 bits per heavy atom. The molecular formula is C15H20N2O4. The summed E-state index contributed by atoms with van der Waals surface area (Å²) in [6.45, 7) is 1.59. The third kappa shape index (κ3) is 4.19. The van der Waals surface area contributed by atoms with E-state index in [1.165, 1.54) is 24.3 Å². The molecule has 6 nitrogen and oxygen atoms in total. The largest absolute Gasteiger partial charge is 0.508 e. The van der Waals surface area contributed by atoms with Crippen LogP contribution in [0.2, 0.25) is 0 Å². The Hall–Kier alpha value is -2.08. The van der Waals surface area contributed by atoms with Crippen molar-refractivity contribution in [1.82, 2.24) is 10.2 Å². The van der Waals surface area contributed by atoms with Crippen molar-refractivity contribution in [3.8, 4) is 5.75 Å². The zero-order chi connectivity index (χ0) is 15.2. The van der Waals surface area contributed by atoms with Crippen LogP contribution in [0, 0.1) is 0 Å². The van der Waals surface area contributed by atoms with Gasteiger partial charge in [-0.15, -0.1) is 0 Å². The van der Waals surface area contributed by atoms with Crippen LogP contribution in [-0.4, -0.2) is 52.7 Å². The summed E-state index contributed by atoms with van der Waals surface area (Å²) in [6.07, 6.45) is 3.12. The molecule has 1 fully saturated rings. The van der Waals surface area contributed by atoms with Gasteiger partial charge >= 0.3 is 5.97 Å². The highest BCUT2D eigenvalue weighted by molar-refractivity contribution is 5.94. The van der Waals surface area contributed by atoms with Crippen LogP contribution in [0.1, 0.15) is 29.6 Å². The van der Waals surface area contributed by atoms with Gasteiger partial charge in [0.1, 0.15) is 11.8 Å². The second-order valence-corrected chi connectivity index (χ2v) is 5.21. The van der Waals surface area contributed by atoms with Gasteiger partial charge in [-0.25, -0.2) is 0 Å². The molecule has 0 unspecified atom stereocenters. The molecule has 1 aliphatic rings. The molecule has 114 valence electrons. The molecule has 0 aliphatic carbocycles. The maximum absolute atomic E-state index is 12.0. The SMILES string of the molecule is O=C(NC[C@@H](C(=O)O)N1CCCCC1)c1ccc(O)cc1. The number of phenolic OH excluding ortho intramolecular Hbond substituents is 1. The van der Waals surface area contributed by atoms with Crippen molar-refractivity contribution in [1.29, 1.82) is 0 Å². The van der Waals surface area contributed by atoms with E-state index in [0.717, 1.165) is 32.4 Å². The molecule has 2 rings (SSSR count). The van der Waals surface area contributed by atoms with Gasteiger partial charge in [-0.3, -0.25) is 14.5 Å². The van der Waals surface area contributed by atoms with Gasteiger partial charge in [0.25, 0.3) is 5.91 Å². The molecule has 1 aromatic rings. The highest BCUT2D eigenvalue weighted by atomic mass is 16.4. The third-order valence-electron chi connectivity index (χ3n) is 3.70. The van der Waals surface area contributed by atoms with E-state index in [1.54, 1.807) is 0 Å². The monoisotopic (exact) mass is 292 g/mol. The summed E-state index contributed by atoms with van der Waals surface area (Å²) in [6, 6.07) is 5.16. The minimum atomic E-state index is -0.914. The van der Waals surface area contributed by atoms with Crippen molar-refractivity contribution < 1.29 is 19.8 Å². The molecule has 1 aliphatic heterocycles. The van der Waals surface area contributed by atoms with Gasteiger partial charge in [-0.2, -0.15) is 0 Å². The molecule has 21 heavy (non-hydrogen) atoms. The number of rotatable bonds is 5. The fourth-order valence-corrected chi connectivity index (χ4v) is 2.51. The van der Waals surface area contributed by atoms with Gasteiger partial charge in [0, 0.05) is 12.1 Å². The third-order valence-corrected chi connectivity index (χ3v) is 3.70. The first-order valence-electron chi connectivity index (χ1n) is 7.12. The number of piperidine rings is 1. The van der Waals surface area contributed by atoms with E-state index >= 15 is 0 Å². The van der Waals surface area contributed by atoms with Crippen molar-refractivity contribution in [2.24, 2.45) is 0 Å². The lowest BCUT2D eigenvalue weighted by atomic mass is 10.1. The standard InChI is InChI=1S/C15H20N2O4/c18-12-6-4-11(5-7-12)14(19)16-10-13(15(20)21)17-8-2-1-3-9-17/h4-7,13,18H,1-3,8-10H2,(H,16,19)(H,20,21)/t13-/m0/s1. The lowest BCUT2D eigenvalue weighted by Crippen LogP contribution is -2.50. The van der Waals surface area contributed by atoms with Gasteiger partial charge in [0.05, 0.1) is 0 Å². The fraction of sp³-hybridized carbons (Fsp3) is 0.467. The normalized spacial score (nSPS) is 17.1. The molecular weight excluding hydrogens is 272 g/mol. The van der Waals surface area contributed by atoms with Crippen molar-refractivity contribution in [2.75, 3.05) is 19.6 Å². The van der Waals surface area contributed by atoms with Gasteiger partial charge in [0.15, 0.2) is 0 Å². The highest BCUT2D eigenvalue weighted by Gasteiger charge is 2.27. The fourth-order valence-electron chi connectivity index (χ4n) is 2.51. The number of amides is 1. The topological polar surface area (TPSA) is 89.9 Å². The van der Waals surface area contributed by atoms with Crippen LogP contribution in [0.5, 0.6) is 5.75 Å². The Morgan fingerprint density at radius 3 is 2.33 bits per heavy atom. The first kappa shape index (κ1) is 15.3. The first-order chi connectivity index (χ1) is 10.1. The first-order valence-corrected chi connectivity index (χ1v) is 7.12. The van der Waals surface area contributed by atoms with Crippen LogP contribution in [0.25, 0.3) is 0 Å². The molecule has 0 bridgehead atoms. The van der Waals surface area contributed by atoms with Crippen LogP contribution in [0.3, 0.4) is 0 Å². The quantitative estimate of drug-likeness (QED) is 0.755. The van der Waals surface area contributed by atoms with E-state index in [9.17, 15) is 19.8 Å². The zero-order valence-electron chi connectivity index (χ0n) is 11.8. The molecule has 0 radical (unpaired) electrons. The summed E-state index contributed by atoms with van der Waals surface area (Å²) in [5.74, 6) is -1.16. The lowest BCUT2D eigenvalue weighted by molar-refractivity contribution is -0.143. The number of aromatic hydroxyl groups is 1. The molecule has 6 heteroatoms. The Labute approximate surface area is 123 Å². The van der Waals surface area contributed by atoms with Crippen molar-refractivity contribution in [3.05, 3.63) is 29.8 Å². The average molecular weight is 292 g/mol. The molecule has 1 heterocycles. The Bertz CT molecular complexity index is 495. The lowest BCUT2D eigenvalue weighted by Gasteiger charge is -2.31. The number of hydrogen-bond acceptors (Lipinski definition) is 4. The van der Waals surface area contributed by atoms with Crippen LogP contribution in [0.15, 0.2) is 24.3 Å². The summed E-state index contributed by atoms with van der Waals surface area (Å²) in [5, 5.41) is 21.2. The smallest absolute Gasteiger partial charge is 0.322 e. The predicted octanol–water partition coefficient (Wildman–Crippen LogP) is 1.06. The van der Waals surface area contributed by atoms with E-state index < -0.39 is 12.0 Å². The van der Waals surface area contributed by atoms with Gasteiger partial charge in [0.2, 0.25) is 0 Å². The van der Waals surface area contributed by atoms with E-state index in [4.69, 9.17) is 0 Å². The molecule has 1 saturated heterocycles. The number of hydrogen-bond donors (Lipinski definition) is 3. The van der Waals surface area contributed by atoms with E-state index in [2.05, 4.69) is 5.32 Å². The zero-order valence-corrected chi connectivity index (χ0v) is 11.8. The second kappa shape index (κ2) is 7.08. The van der Waals surface area contributed by atoms with E-state index in [1.807, 2.05) is 4.90 Å². The number of carbonyl (C=O) groups is 2. The molecule has 1 amide bonds. The summed E-state index contributed by atoms with van der Waals surface area (Å²) in [4.78, 5) is 25.2. The average Bonchev–Trinajstić information content (AvgIpc) is 2.48. The minimum Gasteiger partial charge on any atom is -0.508 e. The molecule has 0 saturated carbocycles. The van der Waals surface area contributed by atoms with Crippen LogP contribution in [-0.2, 0) is 4.79 Å². The van der Waals surface area contributed by atoms with Gasteiger partial charge < -0.3 is 15.5 Å². The number of phenols is 1. The molecule has 1 aromatic carbocycles. The maximum Gasteiger partial charge on any atom is 0.322 e. The minimum absolute atomic E-state index is 0.0784. The Balaban J connectivity index is 1.93. The number of nitrogens with one attached hydrogen (secondary N) is 1. The van der Waals surface area contributed by atoms with Crippen molar-refractivity contribution in [3.63, 3.8) is 0 Å². The second-order valence-electron chi connectivity index (χ2n) is 5.21. The number of benzene rings is 1. The van der Waals surface area contributed by atoms with Crippen LogP contribution < -0.4 is 5.32 Å². The summed E-state index contributed by atoms with van der Waals surface area (Å²) < 4.78 is 0.